The average molecular weight is 256 g/mol. The number of carbonyl (C=O) groups is 1. The largest absolute Gasteiger partial charge is 0.506 e. The molecule has 0 amide bonds. The van der Waals surface area contributed by atoms with E-state index < -0.39 is 16.1 Å². The van der Waals surface area contributed by atoms with E-state index in [0.29, 0.717) is 0 Å². The fraction of sp³-hybridized carbons (Fsp3) is 0.800. The SMILES string of the molecule is O=C(O)OC(CCl)CC(Cl)(Cl)Cl. The monoisotopic (exact) mass is 254 g/mol. The van der Waals surface area contributed by atoms with Crippen LogP contribution in [0.3, 0.4) is 0 Å². The lowest BCUT2D eigenvalue weighted by molar-refractivity contribution is 0.0576. The summed E-state index contributed by atoms with van der Waals surface area (Å²) in [5, 5.41) is 8.20. The van der Waals surface area contributed by atoms with Gasteiger partial charge in [-0.05, 0) is 0 Å². The highest BCUT2D eigenvalue weighted by Crippen LogP contribution is 2.32. The zero-order valence-corrected chi connectivity index (χ0v) is 8.79. The van der Waals surface area contributed by atoms with Crippen molar-refractivity contribution in [1.29, 1.82) is 0 Å². The van der Waals surface area contributed by atoms with Gasteiger partial charge in [-0.25, -0.2) is 4.79 Å². The van der Waals surface area contributed by atoms with Gasteiger partial charge in [0.2, 0.25) is 0 Å². The van der Waals surface area contributed by atoms with Crippen LogP contribution in [0, 0.1) is 0 Å². The summed E-state index contributed by atoms with van der Waals surface area (Å²) in [6.45, 7) is 0. The third-order valence-corrected chi connectivity index (χ3v) is 1.71. The molecule has 1 atom stereocenters. The van der Waals surface area contributed by atoms with E-state index in [9.17, 15) is 4.79 Å². The molecule has 0 fully saturated rings. The second kappa shape index (κ2) is 5.22. The van der Waals surface area contributed by atoms with Crippen molar-refractivity contribution in [2.75, 3.05) is 5.88 Å². The summed E-state index contributed by atoms with van der Waals surface area (Å²) in [4.78, 5) is 10.0. The molecule has 0 spiro atoms. The van der Waals surface area contributed by atoms with Gasteiger partial charge >= 0.3 is 6.16 Å². The molecular formula is C5H6Cl4O3. The number of alkyl halides is 4. The van der Waals surface area contributed by atoms with Crippen LogP contribution in [0.5, 0.6) is 0 Å². The first-order valence-corrected chi connectivity index (χ1v) is 4.54. The van der Waals surface area contributed by atoms with Crippen molar-refractivity contribution >= 4 is 52.6 Å². The summed E-state index contributed by atoms with van der Waals surface area (Å²) < 4.78 is 2.76. The van der Waals surface area contributed by atoms with E-state index in [1.807, 2.05) is 0 Å². The molecule has 0 aromatic rings. The van der Waals surface area contributed by atoms with Crippen molar-refractivity contribution in [3.63, 3.8) is 0 Å². The maximum Gasteiger partial charge on any atom is 0.506 e. The minimum Gasteiger partial charge on any atom is -0.450 e. The predicted molar refractivity (Wildman–Crippen MR) is 48.5 cm³/mol. The van der Waals surface area contributed by atoms with E-state index in [1.165, 1.54) is 0 Å². The second-order valence-corrected chi connectivity index (χ2v) is 4.80. The highest BCUT2D eigenvalue weighted by molar-refractivity contribution is 6.67. The third kappa shape index (κ3) is 7.10. The Morgan fingerprint density at radius 3 is 2.25 bits per heavy atom. The van der Waals surface area contributed by atoms with E-state index >= 15 is 0 Å². The van der Waals surface area contributed by atoms with E-state index in [0.717, 1.165) is 0 Å². The van der Waals surface area contributed by atoms with Crippen molar-refractivity contribution in [3.05, 3.63) is 0 Å². The van der Waals surface area contributed by atoms with Crippen molar-refractivity contribution in [3.8, 4) is 0 Å². The predicted octanol–water partition coefficient (Wildman–Crippen LogP) is 3.05. The fourth-order valence-corrected chi connectivity index (χ4v) is 1.22. The van der Waals surface area contributed by atoms with Crippen molar-refractivity contribution < 1.29 is 14.6 Å². The Morgan fingerprint density at radius 2 is 2.00 bits per heavy atom. The molecule has 1 N–H and O–H groups in total. The summed E-state index contributed by atoms with van der Waals surface area (Å²) in [6.07, 6.45) is -2.29. The molecule has 12 heavy (non-hydrogen) atoms. The molecule has 1 unspecified atom stereocenters. The Bertz CT molecular complexity index is 155. The van der Waals surface area contributed by atoms with Crippen LogP contribution in [0.25, 0.3) is 0 Å². The zero-order valence-electron chi connectivity index (χ0n) is 5.77. The third-order valence-electron chi connectivity index (χ3n) is 0.899. The molecule has 0 bridgehead atoms. The van der Waals surface area contributed by atoms with Gasteiger partial charge in [0.1, 0.15) is 6.10 Å². The van der Waals surface area contributed by atoms with Crippen molar-refractivity contribution in [2.24, 2.45) is 0 Å². The van der Waals surface area contributed by atoms with Crippen LogP contribution in [0.4, 0.5) is 4.79 Å². The zero-order chi connectivity index (χ0) is 9.78. The van der Waals surface area contributed by atoms with Gasteiger partial charge in [-0.1, -0.05) is 34.8 Å². The molecule has 0 aromatic heterocycles. The van der Waals surface area contributed by atoms with Gasteiger partial charge in [-0.2, -0.15) is 0 Å². The van der Waals surface area contributed by atoms with Gasteiger partial charge < -0.3 is 9.84 Å². The van der Waals surface area contributed by atoms with Crippen molar-refractivity contribution in [2.45, 2.75) is 16.3 Å². The Labute approximate surface area is 89.5 Å². The van der Waals surface area contributed by atoms with Gasteiger partial charge in [0.05, 0.1) is 5.88 Å². The van der Waals surface area contributed by atoms with Crippen LogP contribution in [0.1, 0.15) is 6.42 Å². The first kappa shape index (κ1) is 12.4. The molecule has 0 radical (unpaired) electrons. The molecular weight excluding hydrogens is 250 g/mol. The average Bonchev–Trinajstić information content (AvgIpc) is 1.82. The molecule has 0 aliphatic rings. The Balaban J connectivity index is 3.92. The minimum atomic E-state index is -1.55. The quantitative estimate of drug-likeness (QED) is 0.623. The number of hydrogen-bond acceptors (Lipinski definition) is 2. The summed E-state index contributed by atoms with van der Waals surface area (Å²) in [5.41, 5.74) is 0. The number of hydrogen-bond donors (Lipinski definition) is 1. The van der Waals surface area contributed by atoms with Gasteiger partial charge in [0.15, 0.2) is 3.79 Å². The topological polar surface area (TPSA) is 46.5 Å². The first-order chi connectivity index (χ1) is 5.35. The molecule has 0 aliphatic heterocycles. The molecule has 0 aromatic carbocycles. The minimum absolute atomic E-state index is 0.0415. The maximum absolute atomic E-state index is 10.0. The van der Waals surface area contributed by atoms with Gasteiger partial charge in [0.25, 0.3) is 0 Å². The molecule has 7 heteroatoms. The smallest absolute Gasteiger partial charge is 0.450 e. The molecule has 0 saturated carbocycles. The molecule has 0 rings (SSSR count). The van der Waals surface area contributed by atoms with E-state index in [2.05, 4.69) is 4.74 Å². The number of rotatable bonds is 3. The van der Waals surface area contributed by atoms with Crippen LogP contribution in [-0.2, 0) is 4.74 Å². The summed E-state index contributed by atoms with van der Waals surface area (Å²) in [5.74, 6) is -0.0415. The van der Waals surface area contributed by atoms with Gasteiger partial charge in [-0.3, -0.25) is 0 Å². The van der Waals surface area contributed by atoms with E-state index in [4.69, 9.17) is 51.5 Å². The van der Waals surface area contributed by atoms with Gasteiger partial charge in [-0.15, -0.1) is 11.6 Å². The lowest BCUT2D eigenvalue weighted by Gasteiger charge is -2.17. The maximum atomic E-state index is 10.0. The van der Waals surface area contributed by atoms with E-state index in [1.54, 1.807) is 0 Å². The summed E-state index contributed by atoms with van der Waals surface area (Å²) >= 11 is 21.5. The lowest BCUT2D eigenvalue weighted by atomic mass is 10.3. The Morgan fingerprint density at radius 1 is 1.50 bits per heavy atom. The highest BCUT2D eigenvalue weighted by atomic mass is 35.6. The molecule has 3 nitrogen and oxygen atoms in total. The Kier molecular flexibility index (Phi) is 5.41. The van der Waals surface area contributed by atoms with Crippen LogP contribution >= 0.6 is 46.4 Å². The normalized spacial score (nSPS) is 14.0. The second-order valence-electron chi connectivity index (χ2n) is 1.98. The highest BCUT2D eigenvalue weighted by Gasteiger charge is 2.27. The van der Waals surface area contributed by atoms with Crippen LogP contribution in [0.2, 0.25) is 0 Å². The van der Waals surface area contributed by atoms with Crippen molar-refractivity contribution in [1.82, 2.24) is 0 Å². The summed E-state index contributed by atoms with van der Waals surface area (Å²) in [6, 6.07) is 0. The van der Waals surface area contributed by atoms with Gasteiger partial charge in [0, 0.05) is 6.42 Å². The Hall–Kier alpha value is 0.430. The molecule has 0 aliphatic carbocycles. The standard InChI is InChI=1S/C5H6Cl4O3/c6-2-3(12-4(10)11)1-5(7,8)9/h3H,1-2H2,(H,10,11). The first-order valence-electron chi connectivity index (χ1n) is 2.87. The van der Waals surface area contributed by atoms with Crippen LogP contribution < -0.4 is 0 Å². The van der Waals surface area contributed by atoms with E-state index in [-0.39, 0.29) is 12.3 Å². The molecule has 72 valence electrons. The number of carboxylic acid groups (broad SMARTS) is 1. The van der Waals surface area contributed by atoms with Crippen LogP contribution in [0.15, 0.2) is 0 Å². The molecule has 0 heterocycles. The fourth-order valence-electron chi connectivity index (χ4n) is 0.528. The summed E-state index contributed by atoms with van der Waals surface area (Å²) in [7, 11) is 0. The molecule has 0 saturated heterocycles. The lowest BCUT2D eigenvalue weighted by Crippen LogP contribution is -2.24. The number of halogens is 4. The number of ether oxygens (including phenoxy) is 1. The van der Waals surface area contributed by atoms with Crippen LogP contribution in [-0.4, -0.2) is 27.0 Å².